The van der Waals surface area contributed by atoms with Gasteiger partial charge in [-0.1, -0.05) is 0 Å². The van der Waals surface area contributed by atoms with Crippen LogP contribution in [0.15, 0.2) is 35.2 Å². The van der Waals surface area contributed by atoms with E-state index >= 15 is 0 Å². The van der Waals surface area contributed by atoms with Crippen molar-refractivity contribution in [1.82, 2.24) is 0 Å². The fraction of sp³-hybridized carbons (Fsp3) is 0. The highest BCUT2D eigenvalue weighted by Crippen LogP contribution is 2.24. The highest BCUT2D eigenvalue weighted by Gasteiger charge is 2.25. The molecule has 0 heterocycles. The van der Waals surface area contributed by atoms with E-state index in [0.29, 0.717) is 30.3 Å². The highest BCUT2D eigenvalue weighted by atomic mass is 32.2. The molecule has 0 radical (unpaired) electrons. The molecule has 2 aromatic carbocycles. The number of sulfonamides is 1. The van der Waals surface area contributed by atoms with Crippen molar-refractivity contribution in [1.29, 1.82) is 0 Å². The van der Waals surface area contributed by atoms with Crippen LogP contribution in [-0.2, 0) is 10.0 Å². The minimum absolute atomic E-state index is 0.305. The van der Waals surface area contributed by atoms with E-state index in [1.54, 1.807) is 4.72 Å². The van der Waals surface area contributed by atoms with Crippen molar-refractivity contribution in [2.75, 3.05) is 10.5 Å². The second-order valence-corrected chi connectivity index (χ2v) is 5.70. The Hall–Kier alpha value is -2.29. The zero-order valence-corrected chi connectivity index (χ0v) is 11.0. The van der Waals surface area contributed by atoms with Crippen molar-refractivity contribution < 1.29 is 26.0 Å². The van der Waals surface area contributed by atoms with Gasteiger partial charge >= 0.3 is 0 Å². The van der Waals surface area contributed by atoms with E-state index in [4.69, 9.17) is 5.73 Å². The van der Waals surface area contributed by atoms with Crippen LogP contribution in [0, 0.1) is 23.3 Å². The zero-order chi connectivity index (χ0) is 15.8. The number of anilines is 2. The molecule has 0 spiro atoms. The van der Waals surface area contributed by atoms with Crippen LogP contribution in [0.2, 0.25) is 0 Å². The lowest BCUT2D eigenvalue weighted by Gasteiger charge is -2.10. The molecule has 0 amide bonds. The first-order chi connectivity index (χ1) is 9.69. The summed E-state index contributed by atoms with van der Waals surface area (Å²) < 4.78 is 78.6. The standard InChI is InChI=1S/C12H8F4N2O2S/c13-6-1-7(14)3-9(2-6)18-21(19,20)12-10(15)4-8(17)5-11(12)16/h1-5,18H,17H2. The Labute approximate surface area is 117 Å². The highest BCUT2D eigenvalue weighted by molar-refractivity contribution is 7.92. The second-order valence-electron chi connectivity index (χ2n) is 4.08. The molecule has 0 aliphatic carbocycles. The van der Waals surface area contributed by atoms with Gasteiger partial charge in [0.25, 0.3) is 10.0 Å². The third-order valence-corrected chi connectivity index (χ3v) is 3.84. The van der Waals surface area contributed by atoms with Gasteiger partial charge in [-0.2, -0.15) is 0 Å². The van der Waals surface area contributed by atoms with Crippen LogP contribution in [-0.4, -0.2) is 8.42 Å². The Bertz CT molecular complexity index is 766. The molecule has 0 unspecified atom stereocenters. The number of nitrogens with one attached hydrogen (secondary N) is 1. The normalized spacial score (nSPS) is 11.4. The summed E-state index contributed by atoms with van der Waals surface area (Å²) in [6, 6.07) is 3.07. The molecule has 2 rings (SSSR count). The van der Waals surface area contributed by atoms with Crippen molar-refractivity contribution in [2.24, 2.45) is 0 Å². The minimum atomic E-state index is -4.71. The van der Waals surface area contributed by atoms with Gasteiger partial charge in [0.1, 0.15) is 23.3 Å². The summed E-state index contributed by atoms with van der Waals surface area (Å²) in [4.78, 5) is -1.29. The second kappa shape index (κ2) is 5.24. The Kier molecular flexibility index (Phi) is 3.77. The van der Waals surface area contributed by atoms with Crippen molar-refractivity contribution >= 4 is 21.4 Å². The van der Waals surface area contributed by atoms with Gasteiger partial charge in [-0.3, -0.25) is 4.72 Å². The molecule has 0 saturated heterocycles. The first-order valence-corrected chi connectivity index (χ1v) is 6.91. The Morgan fingerprint density at radius 3 is 1.81 bits per heavy atom. The zero-order valence-electron chi connectivity index (χ0n) is 10.2. The Morgan fingerprint density at radius 1 is 0.857 bits per heavy atom. The van der Waals surface area contributed by atoms with Crippen LogP contribution in [0.3, 0.4) is 0 Å². The van der Waals surface area contributed by atoms with Gasteiger partial charge in [-0.05, 0) is 24.3 Å². The first kappa shape index (κ1) is 15.1. The maximum absolute atomic E-state index is 13.6. The number of nitrogens with two attached hydrogens (primary N) is 1. The number of halogens is 4. The van der Waals surface area contributed by atoms with E-state index in [0.717, 1.165) is 0 Å². The molecule has 9 heteroatoms. The molecule has 112 valence electrons. The number of hydrogen-bond donors (Lipinski definition) is 2. The van der Waals surface area contributed by atoms with Gasteiger partial charge in [-0.25, -0.2) is 26.0 Å². The van der Waals surface area contributed by atoms with E-state index in [2.05, 4.69) is 0 Å². The Morgan fingerprint density at radius 2 is 1.33 bits per heavy atom. The predicted octanol–water partition coefficient (Wildman–Crippen LogP) is 2.63. The average molecular weight is 320 g/mol. The molecule has 21 heavy (non-hydrogen) atoms. The van der Waals surface area contributed by atoms with Gasteiger partial charge in [0.15, 0.2) is 4.90 Å². The summed E-state index contributed by atoms with van der Waals surface area (Å²) in [5, 5.41) is 0. The number of nitrogen functional groups attached to an aromatic ring is 1. The first-order valence-electron chi connectivity index (χ1n) is 5.42. The number of rotatable bonds is 3. The van der Waals surface area contributed by atoms with E-state index in [1.165, 1.54) is 0 Å². The average Bonchev–Trinajstić information content (AvgIpc) is 2.23. The SMILES string of the molecule is Nc1cc(F)c(S(=O)(=O)Nc2cc(F)cc(F)c2)c(F)c1. The molecule has 0 aromatic heterocycles. The molecule has 4 nitrogen and oxygen atoms in total. The topological polar surface area (TPSA) is 72.2 Å². The summed E-state index contributed by atoms with van der Waals surface area (Å²) in [5.74, 6) is -4.94. The summed E-state index contributed by atoms with van der Waals surface area (Å²) in [5.41, 5.74) is 4.35. The smallest absolute Gasteiger partial charge is 0.267 e. The van der Waals surface area contributed by atoms with Crippen LogP contribution in [0.1, 0.15) is 0 Å². The van der Waals surface area contributed by atoms with Crippen molar-refractivity contribution in [3.63, 3.8) is 0 Å². The number of hydrogen-bond acceptors (Lipinski definition) is 3. The van der Waals surface area contributed by atoms with E-state index in [-0.39, 0.29) is 5.69 Å². The Balaban J connectivity index is 2.48. The fourth-order valence-corrected chi connectivity index (χ4v) is 2.82. The van der Waals surface area contributed by atoms with Gasteiger partial charge in [0.2, 0.25) is 0 Å². The molecule has 0 saturated carbocycles. The van der Waals surface area contributed by atoms with Crippen LogP contribution in [0.25, 0.3) is 0 Å². The molecule has 0 aliphatic rings. The van der Waals surface area contributed by atoms with Crippen LogP contribution in [0.5, 0.6) is 0 Å². The largest absolute Gasteiger partial charge is 0.399 e. The van der Waals surface area contributed by atoms with Crippen molar-refractivity contribution in [2.45, 2.75) is 4.90 Å². The maximum atomic E-state index is 13.6. The van der Waals surface area contributed by atoms with Gasteiger partial charge in [-0.15, -0.1) is 0 Å². The molecule has 2 aromatic rings. The molecule has 3 N–H and O–H groups in total. The summed E-state index contributed by atoms with van der Waals surface area (Å²) in [7, 11) is -4.71. The molecule has 0 aliphatic heterocycles. The van der Waals surface area contributed by atoms with Crippen molar-refractivity contribution in [3.8, 4) is 0 Å². The van der Waals surface area contributed by atoms with Crippen LogP contribution >= 0.6 is 0 Å². The molecule has 0 fully saturated rings. The third-order valence-electron chi connectivity index (χ3n) is 2.40. The monoisotopic (exact) mass is 320 g/mol. The molecular formula is C12H8F4N2O2S. The molecule has 0 bridgehead atoms. The lowest BCUT2D eigenvalue weighted by atomic mass is 10.3. The number of benzene rings is 2. The minimum Gasteiger partial charge on any atom is -0.399 e. The van der Waals surface area contributed by atoms with E-state index in [9.17, 15) is 26.0 Å². The van der Waals surface area contributed by atoms with Gasteiger partial charge in [0.05, 0.1) is 5.69 Å². The molecule has 0 atom stereocenters. The third kappa shape index (κ3) is 3.24. The van der Waals surface area contributed by atoms with Gasteiger partial charge in [0, 0.05) is 11.8 Å². The summed E-state index contributed by atoms with van der Waals surface area (Å²) >= 11 is 0. The van der Waals surface area contributed by atoms with Crippen molar-refractivity contribution in [3.05, 3.63) is 53.6 Å². The molecular weight excluding hydrogens is 312 g/mol. The summed E-state index contributed by atoms with van der Waals surface area (Å²) in [6.07, 6.45) is 0. The van der Waals surface area contributed by atoms with E-state index < -0.39 is 43.9 Å². The van der Waals surface area contributed by atoms with Crippen LogP contribution in [0.4, 0.5) is 28.9 Å². The lowest BCUT2D eigenvalue weighted by molar-refractivity contribution is 0.522. The summed E-state index contributed by atoms with van der Waals surface area (Å²) in [6.45, 7) is 0. The predicted molar refractivity (Wildman–Crippen MR) is 67.9 cm³/mol. The van der Waals surface area contributed by atoms with Gasteiger partial charge < -0.3 is 5.73 Å². The quantitative estimate of drug-likeness (QED) is 0.674. The van der Waals surface area contributed by atoms with Crippen LogP contribution < -0.4 is 10.5 Å². The fourth-order valence-electron chi connectivity index (χ4n) is 1.66. The van der Waals surface area contributed by atoms with E-state index in [1.807, 2.05) is 0 Å². The maximum Gasteiger partial charge on any atom is 0.267 e. The lowest BCUT2D eigenvalue weighted by Crippen LogP contribution is -2.17.